The first-order chi connectivity index (χ1) is 4.22. The number of hydrogen-bond acceptors (Lipinski definition) is 3. The second kappa shape index (κ2) is 4.73. The molecule has 0 heterocycles. The van der Waals surface area contributed by atoms with Crippen molar-refractivity contribution in [2.24, 2.45) is 0 Å². The van der Waals surface area contributed by atoms with Crippen LogP contribution in [0, 0.1) is 0 Å². The lowest BCUT2D eigenvalue weighted by Gasteiger charge is -2.13. The molecule has 9 heavy (non-hydrogen) atoms. The van der Waals surface area contributed by atoms with Gasteiger partial charge in [0.2, 0.25) is 0 Å². The molecule has 0 spiro atoms. The van der Waals surface area contributed by atoms with Crippen molar-refractivity contribution in [2.45, 2.75) is 32.0 Å². The van der Waals surface area contributed by atoms with Crippen LogP contribution < -0.4 is 0 Å². The molecule has 3 nitrogen and oxygen atoms in total. The maximum absolute atomic E-state index is 8.91. The monoisotopic (exact) mass is 134 g/mol. The highest BCUT2D eigenvalue weighted by Crippen LogP contribution is 2.00. The summed E-state index contributed by atoms with van der Waals surface area (Å²) in [5.74, 6) is 0. The largest absolute Gasteiger partial charge is 0.396 e. The predicted molar refractivity (Wildman–Crippen MR) is 34.0 cm³/mol. The average Bonchev–Trinajstić information content (AvgIpc) is 1.87. The summed E-state index contributed by atoms with van der Waals surface area (Å²) in [6.07, 6.45) is -0.659. The molecule has 0 fully saturated rings. The molecule has 0 radical (unpaired) electrons. The van der Waals surface area contributed by atoms with Crippen molar-refractivity contribution in [3.05, 3.63) is 0 Å². The van der Waals surface area contributed by atoms with Crippen molar-refractivity contribution in [3.8, 4) is 0 Å². The molecule has 0 aliphatic carbocycles. The number of aliphatic hydroxyl groups excluding tert-OH is 3. The average molecular weight is 134 g/mol. The van der Waals surface area contributed by atoms with E-state index < -0.39 is 12.2 Å². The van der Waals surface area contributed by atoms with Crippen LogP contribution in [-0.2, 0) is 0 Å². The van der Waals surface area contributed by atoms with Crippen LogP contribution in [0.2, 0.25) is 0 Å². The summed E-state index contributed by atoms with van der Waals surface area (Å²) >= 11 is 0. The van der Waals surface area contributed by atoms with Crippen molar-refractivity contribution >= 4 is 0 Å². The highest BCUT2D eigenvalue weighted by atomic mass is 16.3. The van der Waals surface area contributed by atoms with E-state index in [0.29, 0.717) is 6.42 Å². The second-order valence-corrected chi connectivity index (χ2v) is 2.06. The smallest absolute Gasteiger partial charge is 0.0820 e. The number of aliphatic hydroxyl groups is 3. The summed E-state index contributed by atoms with van der Waals surface area (Å²) in [5, 5.41) is 26.1. The highest BCUT2D eigenvalue weighted by Gasteiger charge is 2.11. The van der Waals surface area contributed by atoms with Gasteiger partial charge in [-0.1, -0.05) is 6.92 Å². The molecule has 0 aliphatic rings. The van der Waals surface area contributed by atoms with Crippen molar-refractivity contribution in [2.75, 3.05) is 6.61 Å². The molecule has 0 rings (SSSR count). The molecule has 0 amide bonds. The van der Waals surface area contributed by atoms with Gasteiger partial charge in [-0.3, -0.25) is 0 Å². The van der Waals surface area contributed by atoms with E-state index in [9.17, 15) is 0 Å². The van der Waals surface area contributed by atoms with E-state index in [1.807, 2.05) is 0 Å². The van der Waals surface area contributed by atoms with Gasteiger partial charge in [-0.05, 0) is 12.8 Å². The fourth-order valence-electron chi connectivity index (χ4n) is 0.597. The zero-order chi connectivity index (χ0) is 7.28. The van der Waals surface area contributed by atoms with Crippen LogP contribution in [0.3, 0.4) is 0 Å². The van der Waals surface area contributed by atoms with Gasteiger partial charge in [0.05, 0.1) is 12.2 Å². The molecule has 0 bridgehead atoms. The van der Waals surface area contributed by atoms with E-state index in [0.717, 1.165) is 0 Å². The molecule has 0 aromatic rings. The summed E-state index contributed by atoms with van der Waals surface area (Å²) < 4.78 is 0. The van der Waals surface area contributed by atoms with E-state index in [1.165, 1.54) is 0 Å². The lowest BCUT2D eigenvalue weighted by atomic mass is 10.1. The molecule has 0 unspecified atom stereocenters. The van der Waals surface area contributed by atoms with Crippen molar-refractivity contribution in [3.63, 3.8) is 0 Å². The Kier molecular flexibility index (Phi) is 4.67. The second-order valence-electron chi connectivity index (χ2n) is 2.06. The molecule has 3 N–H and O–H groups in total. The molecule has 56 valence electrons. The molecular weight excluding hydrogens is 120 g/mol. The standard InChI is InChI=1S/C6H14O3/c1-2-5(8)6(9)3-4-7/h5-9H,2-4H2,1H3/t5-,6-/m0/s1. The number of rotatable bonds is 4. The summed E-state index contributed by atoms with van der Waals surface area (Å²) in [5.41, 5.74) is 0. The first-order valence-electron chi connectivity index (χ1n) is 3.19. The molecule has 0 aromatic heterocycles. The van der Waals surface area contributed by atoms with Crippen molar-refractivity contribution in [1.29, 1.82) is 0 Å². The lowest BCUT2D eigenvalue weighted by molar-refractivity contribution is 0.00382. The minimum Gasteiger partial charge on any atom is -0.396 e. The summed E-state index contributed by atoms with van der Waals surface area (Å²) in [7, 11) is 0. The van der Waals surface area contributed by atoms with Crippen LogP contribution in [0.15, 0.2) is 0 Å². The fraction of sp³-hybridized carbons (Fsp3) is 1.00. The van der Waals surface area contributed by atoms with Gasteiger partial charge in [-0.2, -0.15) is 0 Å². The van der Waals surface area contributed by atoms with E-state index in [4.69, 9.17) is 15.3 Å². The summed E-state index contributed by atoms with van der Waals surface area (Å²) in [4.78, 5) is 0. The molecule has 2 atom stereocenters. The Hall–Kier alpha value is -0.120. The molecule has 0 saturated carbocycles. The molecule has 0 aliphatic heterocycles. The van der Waals surface area contributed by atoms with Gasteiger partial charge < -0.3 is 15.3 Å². The molecule has 0 aromatic carbocycles. The quantitative estimate of drug-likeness (QED) is 0.486. The molecular formula is C6H14O3. The van der Waals surface area contributed by atoms with Gasteiger partial charge in [0.15, 0.2) is 0 Å². The predicted octanol–water partition coefficient (Wildman–Crippen LogP) is -0.499. The van der Waals surface area contributed by atoms with Gasteiger partial charge in [0.1, 0.15) is 0 Å². The number of hydrogen-bond donors (Lipinski definition) is 3. The van der Waals surface area contributed by atoms with Crippen LogP contribution in [0.25, 0.3) is 0 Å². The van der Waals surface area contributed by atoms with Gasteiger partial charge in [0.25, 0.3) is 0 Å². The minimum absolute atomic E-state index is 0.0712. The first-order valence-corrected chi connectivity index (χ1v) is 3.19. The van der Waals surface area contributed by atoms with E-state index in [2.05, 4.69) is 0 Å². The van der Waals surface area contributed by atoms with Crippen LogP contribution in [0.5, 0.6) is 0 Å². The Morgan fingerprint density at radius 2 is 1.78 bits per heavy atom. The maximum Gasteiger partial charge on any atom is 0.0820 e. The maximum atomic E-state index is 8.91. The SMILES string of the molecule is CC[C@H](O)[C@@H](O)CCO. The Labute approximate surface area is 54.9 Å². The third kappa shape index (κ3) is 3.46. The Morgan fingerprint density at radius 3 is 2.11 bits per heavy atom. The zero-order valence-corrected chi connectivity index (χ0v) is 5.62. The van der Waals surface area contributed by atoms with Crippen LogP contribution in [0.1, 0.15) is 19.8 Å². The van der Waals surface area contributed by atoms with Crippen LogP contribution >= 0.6 is 0 Å². The Morgan fingerprint density at radius 1 is 1.22 bits per heavy atom. The third-order valence-corrected chi connectivity index (χ3v) is 1.29. The van der Waals surface area contributed by atoms with Gasteiger partial charge in [-0.25, -0.2) is 0 Å². The summed E-state index contributed by atoms with van der Waals surface area (Å²) in [6.45, 7) is 1.71. The minimum atomic E-state index is -0.764. The zero-order valence-electron chi connectivity index (χ0n) is 5.62. The fourth-order valence-corrected chi connectivity index (χ4v) is 0.597. The topological polar surface area (TPSA) is 60.7 Å². The van der Waals surface area contributed by atoms with E-state index in [1.54, 1.807) is 6.92 Å². The van der Waals surface area contributed by atoms with Crippen molar-refractivity contribution in [1.82, 2.24) is 0 Å². The van der Waals surface area contributed by atoms with Gasteiger partial charge in [0, 0.05) is 6.61 Å². The van der Waals surface area contributed by atoms with E-state index in [-0.39, 0.29) is 13.0 Å². The molecule has 3 heteroatoms. The Balaban J connectivity index is 3.32. The third-order valence-electron chi connectivity index (χ3n) is 1.29. The van der Waals surface area contributed by atoms with Crippen LogP contribution in [-0.4, -0.2) is 34.1 Å². The van der Waals surface area contributed by atoms with Gasteiger partial charge >= 0.3 is 0 Å². The van der Waals surface area contributed by atoms with Crippen molar-refractivity contribution < 1.29 is 15.3 Å². The van der Waals surface area contributed by atoms with E-state index >= 15 is 0 Å². The first kappa shape index (κ1) is 8.88. The lowest BCUT2D eigenvalue weighted by Crippen LogP contribution is -2.25. The summed E-state index contributed by atoms with van der Waals surface area (Å²) in [6, 6.07) is 0. The Bertz CT molecular complexity index is 65.3. The highest BCUT2D eigenvalue weighted by molar-refractivity contribution is 4.63. The van der Waals surface area contributed by atoms with Gasteiger partial charge in [-0.15, -0.1) is 0 Å². The molecule has 0 saturated heterocycles. The van der Waals surface area contributed by atoms with Crippen LogP contribution in [0.4, 0.5) is 0 Å². The normalized spacial score (nSPS) is 17.3.